The zero-order valence-electron chi connectivity index (χ0n) is 17.7. The normalized spacial score (nSPS) is 11.1. The zero-order valence-corrected chi connectivity index (χ0v) is 17.7. The van der Waals surface area contributed by atoms with Crippen LogP contribution in [0.5, 0.6) is 5.75 Å². The van der Waals surface area contributed by atoms with Crippen LogP contribution in [0.4, 0.5) is 24.5 Å². The van der Waals surface area contributed by atoms with E-state index in [2.05, 4.69) is 10.6 Å². The second-order valence-corrected chi connectivity index (χ2v) is 7.46. The van der Waals surface area contributed by atoms with Gasteiger partial charge in [0.15, 0.2) is 6.61 Å². The number of nitrogens with one attached hydrogen (secondary N) is 2. The van der Waals surface area contributed by atoms with Gasteiger partial charge in [-0.15, -0.1) is 0 Å². The van der Waals surface area contributed by atoms with Crippen LogP contribution in [-0.4, -0.2) is 18.4 Å². The van der Waals surface area contributed by atoms with E-state index in [9.17, 15) is 22.8 Å². The molecule has 8 heteroatoms. The maximum atomic E-state index is 12.8. The summed E-state index contributed by atoms with van der Waals surface area (Å²) in [5.41, 5.74) is -0.150. The lowest BCUT2D eigenvalue weighted by Crippen LogP contribution is -2.20. The average Bonchev–Trinajstić information content (AvgIpc) is 2.82. The van der Waals surface area contributed by atoms with Gasteiger partial charge < -0.3 is 15.4 Å². The number of ether oxygens (including phenoxy) is 1. The number of hydrogen-bond acceptors (Lipinski definition) is 3. The van der Waals surface area contributed by atoms with Crippen molar-refractivity contribution >= 4 is 34.0 Å². The molecule has 4 aromatic rings. The fraction of sp³-hybridized carbons (Fsp3) is 0.0769. The molecule has 0 aliphatic rings. The van der Waals surface area contributed by atoms with Gasteiger partial charge in [0.05, 0.1) is 5.56 Å². The van der Waals surface area contributed by atoms with Gasteiger partial charge in [-0.3, -0.25) is 9.59 Å². The molecule has 0 bridgehead atoms. The van der Waals surface area contributed by atoms with Gasteiger partial charge in [-0.25, -0.2) is 0 Å². The maximum Gasteiger partial charge on any atom is 0.416 e. The Bertz CT molecular complexity index is 1340. The van der Waals surface area contributed by atoms with Crippen molar-refractivity contribution in [2.24, 2.45) is 0 Å². The first-order chi connectivity index (χ1) is 16.3. The largest absolute Gasteiger partial charge is 0.484 e. The van der Waals surface area contributed by atoms with Gasteiger partial charge in [-0.2, -0.15) is 13.2 Å². The zero-order chi connectivity index (χ0) is 24.1. The summed E-state index contributed by atoms with van der Waals surface area (Å²) in [4.78, 5) is 24.6. The van der Waals surface area contributed by atoms with Crippen LogP contribution in [0.3, 0.4) is 0 Å². The summed E-state index contributed by atoms with van der Waals surface area (Å²) in [5, 5.41) is 7.17. The van der Waals surface area contributed by atoms with Crippen molar-refractivity contribution in [3.05, 3.63) is 102 Å². The van der Waals surface area contributed by atoms with Gasteiger partial charge in [-0.05, 0) is 65.4 Å². The Balaban J connectivity index is 1.32. The predicted octanol–water partition coefficient (Wildman–Crippen LogP) is 6.13. The van der Waals surface area contributed by atoms with Gasteiger partial charge in [0, 0.05) is 16.9 Å². The van der Waals surface area contributed by atoms with Gasteiger partial charge in [0.1, 0.15) is 5.75 Å². The Labute approximate surface area is 193 Å². The Morgan fingerprint density at radius 1 is 0.735 bits per heavy atom. The second kappa shape index (κ2) is 9.66. The van der Waals surface area contributed by atoms with Crippen LogP contribution < -0.4 is 15.4 Å². The third kappa shape index (κ3) is 5.72. The monoisotopic (exact) mass is 464 g/mol. The highest BCUT2D eigenvalue weighted by Crippen LogP contribution is 2.30. The van der Waals surface area contributed by atoms with E-state index >= 15 is 0 Å². The molecule has 172 valence electrons. The van der Waals surface area contributed by atoms with Gasteiger partial charge in [0.25, 0.3) is 11.8 Å². The first kappa shape index (κ1) is 22.8. The Hall–Kier alpha value is -4.33. The number of amides is 2. The molecule has 0 saturated carbocycles. The van der Waals surface area contributed by atoms with E-state index in [4.69, 9.17) is 4.74 Å². The first-order valence-corrected chi connectivity index (χ1v) is 10.3. The van der Waals surface area contributed by atoms with Crippen LogP contribution in [0.2, 0.25) is 0 Å². The third-order valence-electron chi connectivity index (χ3n) is 4.97. The number of hydrogen-bond donors (Lipinski definition) is 2. The lowest BCUT2D eigenvalue weighted by atomic mass is 10.1. The van der Waals surface area contributed by atoms with E-state index in [1.54, 1.807) is 6.07 Å². The van der Waals surface area contributed by atoms with Crippen molar-refractivity contribution in [1.82, 2.24) is 0 Å². The molecule has 34 heavy (non-hydrogen) atoms. The summed E-state index contributed by atoms with van der Waals surface area (Å²) in [6.45, 7) is -0.198. The molecule has 0 heterocycles. The molecule has 0 unspecified atom stereocenters. The number of rotatable bonds is 6. The summed E-state index contributed by atoms with van der Waals surface area (Å²) >= 11 is 0. The molecule has 0 aromatic heterocycles. The topological polar surface area (TPSA) is 67.4 Å². The quantitative estimate of drug-likeness (QED) is 0.361. The summed E-state index contributed by atoms with van der Waals surface area (Å²) in [7, 11) is 0. The lowest BCUT2D eigenvalue weighted by molar-refractivity contribution is -0.137. The molecule has 0 saturated heterocycles. The standard InChI is InChI=1S/C26H19F3N2O3/c27-26(28,29)20-6-3-7-22(15-20)31-25(33)18-8-11-21(12-9-18)30-24(32)16-34-23-13-10-17-4-1-2-5-19(17)14-23/h1-15H,16H2,(H,30,32)(H,31,33). The molecule has 0 atom stereocenters. The third-order valence-corrected chi connectivity index (χ3v) is 4.97. The molecule has 0 radical (unpaired) electrons. The van der Waals surface area contributed by atoms with Gasteiger partial charge in [-0.1, -0.05) is 36.4 Å². The van der Waals surface area contributed by atoms with Crippen molar-refractivity contribution in [3.63, 3.8) is 0 Å². The summed E-state index contributed by atoms with van der Waals surface area (Å²) in [6.07, 6.45) is -4.50. The number of fused-ring (bicyclic) bond motifs is 1. The van der Waals surface area contributed by atoms with Crippen molar-refractivity contribution in [2.45, 2.75) is 6.18 Å². The maximum absolute atomic E-state index is 12.8. The lowest BCUT2D eigenvalue weighted by Gasteiger charge is -2.11. The highest BCUT2D eigenvalue weighted by molar-refractivity contribution is 6.04. The van der Waals surface area contributed by atoms with Crippen LogP contribution in [0.25, 0.3) is 10.8 Å². The molecule has 4 aromatic carbocycles. The number of halogens is 3. The van der Waals surface area contributed by atoms with E-state index in [-0.39, 0.29) is 23.8 Å². The van der Waals surface area contributed by atoms with Crippen LogP contribution in [-0.2, 0) is 11.0 Å². The number of benzene rings is 4. The molecule has 4 rings (SSSR count). The van der Waals surface area contributed by atoms with E-state index in [1.807, 2.05) is 36.4 Å². The number of carbonyl (C=O) groups excluding carboxylic acids is 2. The number of alkyl halides is 3. The predicted molar refractivity (Wildman–Crippen MR) is 124 cm³/mol. The van der Waals surface area contributed by atoms with Crippen molar-refractivity contribution in [2.75, 3.05) is 17.2 Å². The number of carbonyl (C=O) groups is 2. The molecular formula is C26H19F3N2O3. The highest BCUT2D eigenvalue weighted by atomic mass is 19.4. The number of anilines is 2. The van der Waals surface area contributed by atoms with Crippen molar-refractivity contribution in [1.29, 1.82) is 0 Å². The van der Waals surface area contributed by atoms with Crippen molar-refractivity contribution in [3.8, 4) is 5.75 Å². The summed E-state index contributed by atoms with van der Waals surface area (Å²) < 4.78 is 44.1. The van der Waals surface area contributed by atoms with E-state index < -0.39 is 17.6 Å². The van der Waals surface area contributed by atoms with Gasteiger partial charge >= 0.3 is 6.18 Å². The van der Waals surface area contributed by atoms with E-state index in [0.29, 0.717) is 11.4 Å². The molecule has 0 aliphatic carbocycles. The molecule has 0 fully saturated rings. The second-order valence-electron chi connectivity index (χ2n) is 7.46. The highest BCUT2D eigenvalue weighted by Gasteiger charge is 2.30. The van der Waals surface area contributed by atoms with Crippen LogP contribution >= 0.6 is 0 Å². The molecule has 0 aliphatic heterocycles. The SMILES string of the molecule is O=C(COc1ccc2ccccc2c1)Nc1ccc(C(=O)Nc2cccc(C(F)(F)F)c2)cc1. The minimum atomic E-state index is -4.50. The summed E-state index contributed by atoms with van der Waals surface area (Å²) in [5.74, 6) is -0.387. The molecule has 5 nitrogen and oxygen atoms in total. The summed E-state index contributed by atoms with van der Waals surface area (Å²) in [6, 6.07) is 23.7. The van der Waals surface area contributed by atoms with E-state index in [1.165, 1.54) is 36.4 Å². The Kier molecular flexibility index (Phi) is 6.49. The molecule has 2 amide bonds. The van der Waals surface area contributed by atoms with Crippen LogP contribution in [0, 0.1) is 0 Å². The van der Waals surface area contributed by atoms with Crippen LogP contribution in [0.15, 0.2) is 91.0 Å². The van der Waals surface area contributed by atoms with Crippen LogP contribution in [0.1, 0.15) is 15.9 Å². The van der Waals surface area contributed by atoms with E-state index in [0.717, 1.165) is 22.9 Å². The minimum absolute atomic E-state index is 0.0306. The van der Waals surface area contributed by atoms with Gasteiger partial charge in [0.2, 0.25) is 0 Å². The Morgan fingerprint density at radius 3 is 2.21 bits per heavy atom. The average molecular weight is 464 g/mol. The van der Waals surface area contributed by atoms with Crippen molar-refractivity contribution < 1.29 is 27.5 Å². The minimum Gasteiger partial charge on any atom is -0.484 e. The molecule has 0 spiro atoms. The smallest absolute Gasteiger partial charge is 0.416 e. The molecular weight excluding hydrogens is 445 g/mol. The fourth-order valence-electron chi connectivity index (χ4n) is 3.28. The first-order valence-electron chi connectivity index (χ1n) is 10.3. The fourth-order valence-corrected chi connectivity index (χ4v) is 3.28. The Morgan fingerprint density at radius 2 is 1.47 bits per heavy atom. The molecule has 2 N–H and O–H groups in total.